The molecule has 3 heteroatoms. The number of nitrogens with zero attached hydrogens (tertiary/aromatic N) is 1. The van der Waals surface area contributed by atoms with Gasteiger partial charge in [-0.05, 0) is 5.41 Å². The lowest BCUT2D eigenvalue weighted by molar-refractivity contribution is 0.273. The number of hydrogen-bond acceptors (Lipinski definition) is 2. The molecule has 0 saturated carbocycles. The Morgan fingerprint density at radius 2 is 2.18 bits per heavy atom. The molecule has 0 fully saturated rings. The van der Waals surface area contributed by atoms with Crippen LogP contribution >= 0.6 is 0 Å². The molecule has 2 N–H and O–H groups in total. The zero-order valence-corrected chi connectivity index (χ0v) is 7.18. The molecule has 0 aromatic carbocycles. The molecule has 0 unspecified atom stereocenters. The summed E-state index contributed by atoms with van der Waals surface area (Å²) in [5, 5.41) is 15.5. The van der Waals surface area contributed by atoms with E-state index in [9.17, 15) is 0 Å². The number of nitrogens with one attached hydrogen (secondary N) is 1. The maximum absolute atomic E-state index is 8.90. The second kappa shape index (κ2) is 2.66. The molecule has 0 saturated heterocycles. The van der Waals surface area contributed by atoms with Crippen molar-refractivity contribution in [1.29, 1.82) is 0 Å². The van der Waals surface area contributed by atoms with Crippen LogP contribution in [0.15, 0.2) is 6.20 Å². The molecule has 1 rings (SSSR count). The Morgan fingerprint density at radius 1 is 1.55 bits per heavy atom. The lowest BCUT2D eigenvalue weighted by Gasteiger charge is -2.17. The number of aliphatic hydroxyl groups is 1. The molecule has 0 aliphatic carbocycles. The maximum atomic E-state index is 8.90. The van der Waals surface area contributed by atoms with Crippen molar-refractivity contribution in [3.8, 4) is 0 Å². The topological polar surface area (TPSA) is 48.9 Å². The van der Waals surface area contributed by atoms with Crippen molar-refractivity contribution in [2.24, 2.45) is 0 Å². The van der Waals surface area contributed by atoms with Crippen LogP contribution in [0.4, 0.5) is 0 Å². The van der Waals surface area contributed by atoms with Crippen LogP contribution in [0.3, 0.4) is 0 Å². The second-order valence-electron chi connectivity index (χ2n) is 3.67. The molecule has 0 atom stereocenters. The number of H-pyrrole nitrogens is 1. The van der Waals surface area contributed by atoms with Gasteiger partial charge in [-0.15, -0.1) is 0 Å². The predicted octanol–water partition coefficient (Wildman–Crippen LogP) is 1.20. The number of aliphatic hydroxyl groups excluding tert-OH is 1. The minimum atomic E-state index is 0.0343. The SMILES string of the molecule is CC(C)(C)c1cn[nH]c1CO. The predicted molar refractivity (Wildman–Crippen MR) is 43.2 cm³/mol. The molecule has 0 aliphatic heterocycles. The van der Waals surface area contributed by atoms with Crippen molar-refractivity contribution in [1.82, 2.24) is 10.2 Å². The van der Waals surface area contributed by atoms with Crippen LogP contribution in [-0.2, 0) is 12.0 Å². The molecule has 0 radical (unpaired) electrons. The van der Waals surface area contributed by atoms with Gasteiger partial charge in [-0.25, -0.2) is 0 Å². The summed E-state index contributed by atoms with van der Waals surface area (Å²) in [6.07, 6.45) is 1.77. The van der Waals surface area contributed by atoms with Gasteiger partial charge in [-0.2, -0.15) is 5.10 Å². The molecule has 11 heavy (non-hydrogen) atoms. The summed E-state index contributed by atoms with van der Waals surface area (Å²) in [7, 11) is 0. The fraction of sp³-hybridized carbons (Fsp3) is 0.625. The molecule has 62 valence electrons. The van der Waals surface area contributed by atoms with Crippen LogP contribution in [0.5, 0.6) is 0 Å². The highest BCUT2D eigenvalue weighted by molar-refractivity contribution is 5.23. The van der Waals surface area contributed by atoms with Gasteiger partial charge >= 0.3 is 0 Å². The van der Waals surface area contributed by atoms with E-state index in [0.717, 1.165) is 11.3 Å². The van der Waals surface area contributed by atoms with Gasteiger partial charge < -0.3 is 5.11 Å². The highest BCUT2D eigenvalue weighted by Crippen LogP contribution is 2.23. The van der Waals surface area contributed by atoms with Gasteiger partial charge in [0.05, 0.1) is 18.5 Å². The highest BCUT2D eigenvalue weighted by Gasteiger charge is 2.18. The number of rotatable bonds is 1. The molecule has 0 spiro atoms. The summed E-state index contributed by atoms with van der Waals surface area (Å²) in [5.74, 6) is 0. The number of aromatic amines is 1. The van der Waals surface area contributed by atoms with Crippen LogP contribution in [-0.4, -0.2) is 15.3 Å². The zero-order valence-electron chi connectivity index (χ0n) is 7.18. The van der Waals surface area contributed by atoms with E-state index in [-0.39, 0.29) is 12.0 Å². The first-order valence-corrected chi connectivity index (χ1v) is 3.69. The first-order valence-electron chi connectivity index (χ1n) is 3.69. The van der Waals surface area contributed by atoms with E-state index in [0.29, 0.717) is 0 Å². The Kier molecular flexibility index (Phi) is 2.00. The van der Waals surface area contributed by atoms with Gasteiger partial charge in [0.15, 0.2) is 0 Å². The van der Waals surface area contributed by atoms with E-state index >= 15 is 0 Å². The fourth-order valence-electron chi connectivity index (χ4n) is 1.08. The van der Waals surface area contributed by atoms with Crippen molar-refractivity contribution in [2.75, 3.05) is 0 Å². The second-order valence-corrected chi connectivity index (χ2v) is 3.67. The lowest BCUT2D eigenvalue weighted by atomic mass is 9.87. The fourth-order valence-corrected chi connectivity index (χ4v) is 1.08. The standard InChI is InChI=1S/C8H14N2O/c1-8(2,3)6-4-9-10-7(6)5-11/h4,11H,5H2,1-3H3,(H,9,10). The maximum Gasteiger partial charge on any atom is 0.0850 e. The number of aromatic nitrogens is 2. The van der Waals surface area contributed by atoms with Crippen molar-refractivity contribution in [3.05, 3.63) is 17.5 Å². The minimum Gasteiger partial charge on any atom is -0.390 e. The average molecular weight is 154 g/mol. The smallest absolute Gasteiger partial charge is 0.0850 e. The van der Waals surface area contributed by atoms with Crippen LogP contribution in [0, 0.1) is 0 Å². The molecule has 1 heterocycles. The van der Waals surface area contributed by atoms with Crippen molar-refractivity contribution < 1.29 is 5.11 Å². The third-order valence-electron chi connectivity index (χ3n) is 1.68. The highest BCUT2D eigenvalue weighted by atomic mass is 16.3. The van der Waals surface area contributed by atoms with Crippen molar-refractivity contribution in [2.45, 2.75) is 32.8 Å². The Balaban J connectivity index is 3.02. The average Bonchev–Trinajstić information content (AvgIpc) is 2.31. The molecule has 0 amide bonds. The van der Waals surface area contributed by atoms with E-state index in [2.05, 4.69) is 31.0 Å². The summed E-state index contributed by atoms with van der Waals surface area (Å²) in [5.41, 5.74) is 1.96. The van der Waals surface area contributed by atoms with Crippen molar-refractivity contribution in [3.63, 3.8) is 0 Å². The van der Waals surface area contributed by atoms with Crippen LogP contribution in [0.25, 0.3) is 0 Å². The monoisotopic (exact) mass is 154 g/mol. The van der Waals surface area contributed by atoms with Gasteiger partial charge in [-0.3, -0.25) is 5.10 Å². The lowest BCUT2D eigenvalue weighted by Crippen LogP contribution is -2.12. The summed E-state index contributed by atoms with van der Waals surface area (Å²) in [6.45, 7) is 6.32. The van der Waals surface area contributed by atoms with Crippen LogP contribution < -0.4 is 0 Å². The summed E-state index contributed by atoms with van der Waals surface area (Å²) in [4.78, 5) is 0. The third-order valence-corrected chi connectivity index (χ3v) is 1.68. The van der Waals surface area contributed by atoms with Gasteiger partial charge in [0.25, 0.3) is 0 Å². The Labute approximate surface area is 66.4 Å². The summed E-state index contributed by atoms with van der Waals surface area (Å²) >= 11 is 0. The van der Waals surface area contributed by atoms with E-state index < -0.39 is 0 Å². The largest absolute Gasteiger partial charge is 0.390 e. The molecule has 1 aromatic heterocycles. The molecule has 1 aromatic rings. The summed E-state index contributed by atoms with van der Waals surface area (Å²) < 4.78 is 0. The van der Waals surface area contributed by atoms with E-state index in [1.165, 1.54) is 0 Å². The molecule has 3 nitrogen and oxygen atoms in total. The van der Waals surface area contributed by atoms with Gasteiger partial charge in [-0.1, -0.05) is 20.8 Å². The molecular weight excluding hydrogens is 140 g/mol. The first kappa shape index (κ1) is 8.27. The van der Waals surface area contributed by atoms with Gasteiger partial charge in [0.1, 0.15) is 0 Å². The van der Waals surface area contributed by atoms with Crippen molar-refractivity contribution >= 4 is 0 Å². The normalized spacial score (nSPS) is 12.0. The molecule has 0 aliphatic rings. The van der Waals surface area contributed by atoms with E-state index in [1.54, 1.807) is 6.20 Å². The van der Waals surface area contributed by atoms with Crippen LogP contribution in [0.1, 0.15) is 32.0 Å². The summed E-state index contributed by atoms with van der Waals surface area (Å²) in [6, 6.07) is 0. The molecule has 0 bridgehead atoms. The van der Waals surface area contributed by atoms with Gasteiger partial charge in [0.2, 0.25) is 0 Å². The Bertz CT molecular complexity index is 234. The quantitative estimate of drug-likeness (QED) is 0.638. The third kappa shape index (κ3) is 1.60. The minimum absolute atomic E-state index is 0.0343. The molecular formula is C8H14N2O. The van der Waals surface area contributed by atoms with E-state index in [1.807, 2.05) is 0 Å². The van der Waals surface area contributed by atoms with Gasteiger partial charge in [0, 0.05) is 5.56 Å². The first-order chi connectivity index (χ1) is 5.05. The number of hydrogen-bond donors (Lipinski definition) is 2. The van der Waals surface area contributed by atoms with Crippen LogP contribution in [0.2, 0.25) is 0 Å². The Hall–Kier alpha value is -0.830. The zero-order chi connectivity index (χ0) is 8.48. The Morgan fingerprint density at radius 3 is 2.55 bits per heavy atom. The van der Waals surface area contributed by atoms with E-state index in [4.69, 9.17) is 5.11 Å².